The molecule has 0 aliphatic rings. The van der Waals surface area contributed by atoms with Crippen LogP contribution in [-0.4, -0.2) is 45.3 Å². The number of benzene rings is 2. The van der Waals surface area contributed by atoms with Gasteiger partial charge in [0.1, 0.15) is 11.6 Å². The van der Waals surface area contributed by atoms with Gasteiger partial charge in [0.15, 0.2) is 18.1 Å². The van der Waals surface area contributed by atoms with E-state index in [1.807, 2.05) is 6.07 Å². The van der Waals surface area contributed by atoms with Crippen molar-refractivity contribution in [2.24, 2.45) is 0 Å². The van der Waals surface area contributed by atoms with Crippen molar-refractivity contribution in [3.05, 3.63) is 57.6 Å². The lowest BCUT2D eigenvalue weighted by molar-refractivity contribution is -0.145. The summed E-state index contributed by atoms with van der Waals surface area (Å²) < 4.78 is 20.7. The fraction of sp³-hybridized carbons (Fsp3) is 0.217. The Balaban J connectivity index is 2.21. The van der Waals surface area contributed by atoms with E-state index in [2.05, 4.69) is 26.0 Å². The number of methoxy groups -OCH3 is 2. The first-order chi connectivity index (χ1) is 15.8. The molecule has 0 heterocycles. The molecule has 2 aromatic carbocycles. The fourth-order valence-corrected chi connectivity index (χ4v) is 3.19. The SMILES string of the molecule is CCOC(=O)COc1c(Br)cc(/C=C(\C#N)C(=O)Nc2ccc(C(=O)OC)cc2)cc1OC. The van der Waals surface area contributed by atoms with Crippen molar-refractivity contribution in [2.45, 2.75) is 6.92 Å². The maximum atomic E-state index is 12.6. The van der Waals surface area contributed by atoms with Gasteiger partial charge in [0, 0.05) is 5.69 Å². The van der Waals surface area contributed by atoms with Crippen LogP contribution in [0.2, 0.25) is 0 Å². The Bertz CT molecular complexity index is 1110. The Morgan fingerprint density at radius 2 is 1.85 bits per heavy atom. The molecule has 0 saturated carbocycles. The summed E-state index contributed by atoms with van der Waals surface area (Å²) in [6.45, 7) is 1.62. The third-order valence-electron chi connectivity index (χ3n) is 4.13. The van der Waals surface area contributed by atoms with Crippen molar-refractivity contribution in [2.75, 3.05) is 32.8 Å². The highest BCUT2D eigenvalue weighted by atomic mass is 79.9. The van der Waals surface area contributed by atoms with Crippen molar-refractivity contribution >= 4 is 45.5 Å². The number of carbonyl (C=O) groups is 3. The number of nitriles is 1. The second-order valence-corrected chi connectivity index (χ2v) is 7.18. The second kappa shape index (κ2) is 12.3. The molecule has 0 aromatic heterocycles. The van der Waals surface area contributed by atoms with Crippen LogP contribution in [0.15, 0.2) is 46.4 Å². The van der Waals surface area contributed by atoms with E-state index in [-0.39, 0.29) is 30.3 Å². The molecule has 33 heavy (non-hydrogen) atoms. The van der Waals surface area contributed by atoms with Gasteiger partial charge in [-0.05, 0) is 70.9 Å². The highest BCUT2D eigenvalue weighted by molar-refractivity contribution is 9.10. The average Bonchev–Trinajstić information content (AvgIpc) is 2.81. The Labute approximate surface area is 199 Å². The minimum atomic E-state index is -0.638. The summed E-state index contributed by atoms with van der Waals surface area (Å²) in [5, 5.41) is 12.1. The van der Waals surface area contributed by atoms with E-state index in [1.165, 1.54) is 44.6 Å². The number of halogens is 1. The van der Waals surface area contributed by atoms with E-state index in [1.54, 1.807) is 19.1 Å². The summed E-state index contributed by atoms with van der Waals surface area (Å²) >= 11 is 3.35. The molecule has 1 amide bonds. The molecule has 0 bridgehead atoms. The summed E-state index contributed by atoms with van der Waals surface area (Å²) in [5.41, 5.74) is 1.04. The molecule has 172 valence electrons. The predicted octanol–water partition coefficient (Wildman–Crippen LogP) is 3.73. The normalized spacial score (nSPS) is 10.6. The number of amides is 1. The summed E-state index contributed by atoms with van der Waals surface area (Å²) in [6.07, 6.45) is 1.38. The maximum Gasteiger partial charge on any atom is 0.344 e. The largest absolute Gasteiger partial charge is 0.493 e. The van der Waals surface area contributed by atoms with Crippen LogP contribution in [0.5, 0.6) is 11.5 Å². The van der Waals surface area contributed by atoms with Crippen LogP contribution in [0, 0.1) is 11.3 Å². The summed E-state index contributed by atoms with van der Waals surface area (Å²) in [5.74, 6) is -1.11. The van der Waals surface area contributed by atoms with Gasteiger partial charge in [-0.3, -0.25) is 4.79 Å². The molecule has 9 nitrogen and oxygen atoms in total. The molecule has 0 radical (unpaired) electrons. The molecule has 10 heteroatoms. The molecule has 2 rings (SSSR count). The topological polar surface area (TPSA) is 124 Å². The van der Waals surface area contributed by atoms with Crippen LogP contribution in [0.3, 0.4) is 0 Å². The van der Waals surface area contributed by atoms with Crippen LogP contribution in [-0.2, 0) is 19.1 Å². The Kier molecular flexibility index (Phi) is 9.45. The van der Waals surface area contributed by atoms with Crippen LogP contribution in [0.4, 0.5) is 5.69 Å². The van der Waals surface area contributed by atoms with Crippen molar-refractivity contribution in [3.8, 4) is 17.6 Å². The number of esters is 2. The van der Waals surface area contributed by atoms with E-state index in [9.17, 15) is 19.6 Å². The molecule has 2 aromatic rings. The first kappa shape index (κ1) is 25.4. The van der Waals surface area contributed by atoms with Crippen LogP contribution in [0.1, 0.15) is 22.8 Å². The standard InChI is InChI=1S/C23H21BrN2O7/c1-4-32-20(27)13-33-21-18(24)10-14(11-19(21)30-2)9-16(12-25)22(28)26-17-7-5-15(6-8-17)23(29)31-3/h5-11H,4,13H2,1-3H3,(H,26,28)/b16-9+. The first-order valence-electron chi connectivity index (χ1n) is 9.60. The summed E-state index contributed by atoms with van der Waals surface area (Å²) in [4.78, 5) is 35.6. The van der Waals surface area contributed by atoms with Crippen molar-refractivity contribution in [1.29, 1.82) is 5.26 Å². The van der Waals surface area contributed by atoms with E-state index in [0.29, 0.717) is 21.3 Å². The van der Waals surface area contributed by atoms with Gasteiger partial charge in [-0.15, -0.1) is 0 Å². The molecule has 0 spiro atoms. The molecular formula is C23H21BrN2O7. The monoisotopic (exact) mass is 516 g/mol. The van der Waals surface area contributed by atoms with Crippen molar-refractivity contribution in [1.82, 2.24) is 0 Å². The van der Waals surface area contributed by atoms with Crippen molar-refractivity contribution < 1.29 is 33.3 Å². The zero-order valence-electron chi connectivity index (χ0n) is 18.1. The third-order valence-corrected chi connectivity index (χ3v) is 4.72. The van der Waals surface area contributed by atoms with Gasteiger partial charge in [0.2, 0.25) is 0 Å². The zero-order chi connectivity index (χ0) is 24.4. The minimum absolute atomic E-state index is 0.166. The number of nitrogens with one attached hydrogen (secondary N) is 1. The van der Waals surface area contributed by atoms with E-state index in [4.69, 9.17) is 14.2 Å². The lowest BCUT2D eigenvalue weighted by Crippen LogP contribution is -2.15. The van der Waals surface area contributed by atoms with Crippen LogP contribution >= 0.6 is 15.9 Å². The van der Waals surface area contributed by atoms with Gasteiger partial charge in [-0.1, -0.05) is 0 Å². The van der Waals surface area contributed by atoms with Crippen LogP contribution in [0.25, 0.3) is 6.08 Å². The van der Waals surface area contributed by atoms with Crippen LogP contribution < -0.4 is 14.8 Å². The number of hydrogen-bond donors (Lipinski definition) is 1. The molecule has 0 aliphatic carbocycles. The number of anilines is 1. The lowest BCUT2D eigenvalue weighted by Gasteiger charge is -2.13. The quantitative estimate of drug-likeness (QED) is 0.303. The number of nitrogens with zero attached hydrogens (tertiary/aromatic N) is 1. The Morgan fingerprint density at radius 1 is 1.15 bits per heavy atom. The smallest absolute Gasteiger partial charge is 0.344 e. The van der Waals surface area contributed by atoms with Crippen molar-refractivity contribution in [3.63, 3.8) is 0 Å². The summed E-state index contributed by atoms with van der Waals surface area (Å²) in [6, 6.07) is 11.1. The average molecular weight is 517 g/mol. The van der Waals surface area contributed by atoms with Gasteiger partial charge in [0.05, 0.1) is 30.9 Å². The number of rotatable bonds is 9. The predicted molar refractivity (Wildman–Crippen MR) is 123 cm³/mol. The van der Waals surface area contributed by atoms with Gasteiger partial charge < -0.3 is 24.3 Å². The maximum absolute atomic E-state index is 12.6. The molecule has 1 N–H and O–H groups in total. The highest BCUT2D eigenvalue weighted by Crippen LogP contribution is 2.37. The number of hydrogen-bond acceptors (Lipinski definition) is 8. The van der Waals surface area contributed by atoms with Gasteiger partial charge in [-0.2, -0.15) is 5.26 Å². The van der Waals surface area contributed by atoms with Gasteiger partial charge in [-0.25, -0.2) is 9.59 Å². The van der Waals surface area contributed by atoms with E-state index in [0.717, 1.165) is 0 Å². The Hall–Kier alpha value is -3.84. The van der Waals surface area contributed by atoms with E-state index < -0.39 is 17.8 Å². The van der Waals surface area contributed by atoms with Gasteiger partial charge >= 0.3 is 11.9 Å². The number of ether oxygens (including phenoxy) is 4. The lowest BCUT2D eigenvalue weighted by atomic mass is 10.1. The second-order valence-electron chi connectivity index (χ2n) is 6.32. The molecular weight excluding hydrogens is 496 g/mol. The third kappa shape index (κ3) is 7.08. The van der Waals surface area contributed by atoms with E-state index >= 15 is 0 Å². The highest BCUT2D eigenvalue weighted by Gasteiger charge is 2.16. The molecule has 0 saturated heterocycles. The first-order valence-corrected chi connectivity index (χ1v) is 10.4. The molecule has 0 atom stereocenters. The summed E-state index contributed by atoms with van der Waals surface area (Å²) in [7, 11) is 2.69. The molecule has 0 aliphatic heterocycles. The minimum Gasteiger partial charge on any atom is -0.493 e. The molecule has 0 fully saturated rings. The Morgan fingerprint density at radius 3 is 2.42 bits per heavy atom. The molecule has 0 unspecified atom stereocenters. The fourth-order valence-electron chi connectivity index (χ4n) is 2.62. The number of carbonyl (C=O) groups excluding carboxylic acids is 3. The zero-order valence-corrected chi connectivity index (χ0v) is 19.7. The van der Waals surface area contributed by atoms with Gasteiger partial charge in [0.25, 0.3) is 5.91 Å².